The molecule has 0 amide bonds. The fraction of sp³-hybridized carbons (Fsp3) is 0.444. The van der Waals surface area contributed by atoms with Gasteiger partial charge in [0.25, 0.3) is 0 Å². The van der Waals surface area contributed by atoms with Crippen molar-refractivity contribution in [3.05, 3.63) is 41.6 Å². The Bertz CT molecular complexity index is 807. The van der Waals surface area contributed by atoms with Crippen molar-refractivity contribution in [2.24, 2.45) is 11.7 Å². The molecule has 23 heavy (non-hydrogen) atoms. The van der Waals surface area contributed by atoms with Crippen LogP contribution >= 0.6 is 0 Å². The number of hydrogen-bond acceptors (Lipinski definition) is 5. The molecule has 5 heteroatoms. The molecule has 3 aliphatic rings. The van der Waals surface area contributed by atoms with Crippen LogP contribution in [0.2, 0.25) is 0 Å². The SMILES string of the molecule is NC1C2=CC2C1c1ccc2cnc(NC3CCOCC3)nc2c1.[HH].[HH]. The lowest BCUT2D eigenvalue weighted by molar-refractivity contribution is 0.0903. The van der Waals surface area contributed by atoms with E-state index in [2.05, 4.69) is 34.6 Å². The molecule has 2 aliphatic carbocycles. The highest BCUT2D eigenvalue weighted by Crippen LogP contribution is 2.57. The second kappa shape index (κ2) is 5.01. The first-order valence-electron chi connectivity index (χ1n) is 8.38. The molecule has 122 valence electrons. The summed E-state index contributed by atoms with van der Waals surface area (Å²) in [5.41, 5.74) is 9.93. The zero-order valence-corrected chi connectivity index (χ0v) is 12.9. The highest BCUT2D eigenvalue weighted by atomic mass is 16.5. The van der Waals surface area contributed by atoms with Crippen LogP contribution in [0.1, 0.15) is 27.2 Å². The molecule has 2 heterocycles. The predicted octanol–water partition coefficient (Wildman–Crippen LogP) is 2.69. The Balaban J connectivity index is 0.000000911. The van der Waals surface area contributed by atoms with Gasteiger partial charge in [0.1, 0.15) is 0 Å². The van der Waals surface area contributed by atoms with Crippen LogP contribution in [0.15, 0.2) is 36.0 Å². The summed E-state index contributed by atoms with van der Waals surface area (Å²) in [6.45, 7) is 1.62. The number of allylic oxidation sites excluding steroid dienone is 1. The topological polar surface area (TPSA) is 73.1 Å². The average molecular weight is 312 g/mol. The van der Waals surface area contributed by atoms with Crippen LogP contribution in [0.4, 0.5) is 5.95 Å². The molecule has 2 aromatic rings. The maximum absolute atomic E-state index is 6.21. The molecule has 1 saturated heterocycles. The van der Waals surface area contributed by atoms with E-state index in [4.69, 9.17) is 15.5 Å². The quantitative estimate of drug-likeness (QED) is 0.853. The highest BCUT2D eigenvalue weighted by molar-refractivity contribution is 5.80. The van der Waals surface area contributed by atoms with Crippen molar-refractivity contribution in [3.63, 3.8) is 0 Å². The van der Waals surface area contributed by atoms with E-state index < -0.39 is 0 Å². The minimum atomic E-state index is 0. The highest BCUT2D eigenvalue weighted by Gasteiger charge is 2.51. The number of nitrogens with one attached hydrogen (secondary N) is 1. The lowest BCUT2D eigenvalue weighted by Crippen LogP contribution is -2.39. The van der Waals surface area contributed by atoms with Gasteiger partial charge in [-0.2, -0.15) is 0 Å². The number of fused-ring (bicyclic) bond motifs is 2. The van der Waals surface area contributed by atoms with E-state index in [1.54, 1.807) is 0 Å². The first-order valence-corrected chi connectivity index (χ1v) is 8.38. The molecule has 3 atom stereocenters. The van der Waals surface area contributed by atoms with Gasteiger partial charge in [0, 0.05) is 51.6 Å². The number of hydrogen-bond donors (Lipinski definition) is 2. The third-order valence-electron chi connectivity index (χ3n) is 5.35. The molecule has 1 aliphatic heterocycles. The molecule has 5 nitrogen and oxygen atoms in total. The Labute approximate surface area is 137 Å². The van der Waals surface area contributed by atoms with Crippen LogP contribution in [-0.2, 0) is 4.74 Å². The Morgan fingerprint density at radius 2 is 2.13 bits per heavy atom. The molecule has 0 bridgehead atoms. The van der Waals surface area contributed by atoms with Crippen LogP contribution in [0, 0.1) is 5.92 Å². The van der Waals surface area contributed by atoms with Gasteiger partial charge in [-0.3, -0.25) is 0 Å². The summed E-state index contributed by atoms with van der Waals surface area (Å²) in [4.78, 5) is 9.16. The summed E-state index contributed by atoms with van der Waals surface area (Å²) < 4.78 is 5.39. The molecule has 3 unspecified atom stereocenters. The second-order valence-electron chi connectivity index (χ2n) is 6.79. The molecule has 0 spiro atoms. The molecule has 1 saturated carbocycles. The minimum absolute atomic E-state index is 0. The third kappa shape index (κ3) is 2.23. The van der Waals surface area contributed by atoms with E-state index in [1.807, 2.05) is 6.20 Å². The summed E-state index contributed by atoms with van der Waals surface area (Å²) >= 11 is 0. The molecule has 1 aromatic carbocycles. The maximum atomic E-state index is 6.21. The lowest BCUT2D eigenvalue weighted by Gasteiger charge is -2.33. The van der Waals surface area contributed by atoms with Gasteiger partial charge in [-0.1, -0.05) is 18.2 Å². The summed E-state index contributed by atoms with van der Waals surface area (Å²) in [5, 5.41) is 4.51. The summed E-state index contributed by atoms with van der Waals surface area (Å²) in [6, 6.07) is 7.07. The Kier molecular flexibility index (Phi) is 2.93. The number of nitrogens with zero attached hydrogens (tertiary/aromatic N) is 2. The van der Waals surface area contributed by atoms with Crippen molar-refractivity contribution in [2.75, 3.05) is 18.5 Å². The normalized spacial score (nSPS) is 29.6. The molecule has 3 N–H and O–H groups in total. The second-order valence-corrected chi connectivity index (χ2v) is 6.79. The van der Waals surface area contributed by atoms with Gasteiger partial charge < -0.3 is 15.8 Å². The average Bonchev–Trinajstić information content (AvgIpc) is 3.30. The van der Waals surface area contributed by atoms with E-state index in [1.165, 1.54) is 11.1 Å². The van der Waals surface area contributed by atoms with Gasteiger partial charge in [-0.05, 0) is 30.0 Å². The Morgan fingerprint density at radius 3 is 2.91 bits per heavy atom. The molecule has 1 aromatic heterocycles. The fourth-order valence-corrected chi connectivity index (χ4v) is 3.87. The van der Waals surface area contributed by atoms with E-state index in [0.29, 0.717) is 23.8 Å². The van der Waals surface area contributed by atoms with Crippen molar-refractivity contribution in [3.8, 4) is 0 Å². The molecule has 5 rings (SSSR count). The zero-order chi connectivity index (χ0) is 15.4. The van der Waals surface area contributed by atoms with Crippen LogP contribution in [0.3, 0.4) is 0 Å². The maximum Gasteiger partial charge on any atom is 0.223 e. The van der Waals surface area contributed by atoms with Crippen LogP contribution < -0.4 is 11.1 Å². The van der Waals surface area contributed by atoms with Crippen LogP contribution in [0.5, 0.6) is 0 Å². The van der Waals surface area contributed by atoms with Crippen molar-refractivity contribution >= 4 is 16.9 Å². The van der Waals surface area contributed by atoms with Crippen molar-refractivity contribution in [1.82, 2.24) is 9.97 Å². The predicted molar refractivity (Wildman–Crippen MR) is 93.5 cm³/mol. The number of nitrogens with two attached hydrogens (primary N) is 1. The van der Waals surface area contributed by atoms with E-state index in [0.717, 1.165) is 37.0 Å². The lowest BCUT2D eigenvalue weighted by atomic mass is 9.74. The number of anilines is 1. The molecular weight excluding hydrogens is 288 g/mol. The Hall–Kier alpha value is -1.98. The fourth-order valence-electron chi connectivity index (χ4n) is 3.87. The largest absolute Gasteiger partial charge is 0.381 e. The van der Waals surface area contributed by atoms with Crippen molar-refractivity contribution in [1.29, 1.82) is 0 Å². The van der Waals surface area contributed by atoms with Crippen molar-refractivity contribution < 1.29 is 7.59 Å². The molecule has 2 fully saturated rings. The number of ether oxygens (including phenoxy) is 1. The Morgan fingerprint density at radius 1 is 1.26 bits per heavy atom. The monoisotopic (exact) mass is 312 g/mol. The van der Waals surface area contributed by atoms with E-state index in [-0.39, 0.29) is 8.90 Å². The third-order valence-corrected chi connectivity index (χ3v) is 5.35. The van der Waals surface area contributed by atoms with Gasteiger partial charge in [0.05, 0.1) is 5.52 Å². The van der Waals surface area contributed by atoms with Gasteiger partial charge in [-0.25, -0.2) is 9.97 Å². The smallest absolute Gasteiger partial charge is 0.223 e. The number of rotatable bonds is 3. The molecule has 0 radical (unpaired) electrons. The summed E-state index contributed by atoms with van der Waals surface area (Å²) in [6.07, 6.45) is 6.20. The van der Waals surface area contributed by atoms with Gasteiger partial charge in [0.15, 0.2) is 0 Å². The van der Waals surface area contributed by atoms with Gasteiger partial charge in [-0.15, -0.1) is 0 Å². The zero-order valence-electron chi connectivity index (χ0n) is 12.9. The first-order chi connectivity index (χ1) is 11.3. The minimum Gasteiger partial charge on any atom is -0.381 e. The van der Waals surface area contributed by atoms with E-state index >= 15 is 0 Å². The number of benzene rings is 1. The first kappa shape index (κ1) is 13.5. The van der Waals surface area contributed by atoms with Gasteiger partial charge >= 0.3 is 0 Å². The van der Waals surface area contributed by atoms with Crippen molar-refractivity contribution in [2.45, 2.75) is 30.8 Å². The summed E-state index contributed by atoms with van der Waals surface area (Å²) in [7, 11) is 0. The number of aromatic nitrogens is 2. The standard InChI is InChI=1S/C18H20N4O.2H2/c19-17-14-8-13(14)16(17)10-1-2-11-9-20-18(22-15(11)7-10)21-12-3-5-23-6-4-12;;/h1-2,7-9,12-13,16-17H,3-6,19H2,(H,20,21,22);2*1H. The van der Waals surface area contributed by atoms with Crippen LogP contribution in [-0.4, -0.2) is 35.3 Å². The van der Waals surface area contributed by atoms with E-state index in [9.17, 15) is 0 Å². The summed E-state index contributed by atoms with van der Waals surface area (Å²) in [5.74, 6) is 1.77. The molecular formula is C18H24N4O. The van der Waals surface area contributed by atoms with Crippen LogP contribution in [0.25, 0.3) is 10.9 Å². The van der Waals surface area contributed by atoms with Gasteiger partial charge in [0.2, 0.25) is 5.95 Å².